The Bertz CT molecular complexity index is 2160. The Morgan fingerprint density at radius 1 is 0.882 bits per heavy atom. The molecule has 0 saturated carbocycles. The minimum absolute atomic E-state index is 0.0379. The third-order valence-corrected chi connectivity index (χ3v) is 9.30. The Morgan fingerprint density at radius 2 is 1.69 bits per heavy atom. The first-order valence-electron chi connectivity index (χ1n) is 16.1. The number of hydrogen-bond donors (Lipinski definition) is 1. The van der Waals surface area contributed by atoms with Gasteiger partial charge in [-0.2, -0.15) is 13.7 Å². The lowest BCUT2D eigenvalue weighted by Crippen LogP contribution is -2.29. The summed E-state index contributed by atoms with van der Waals surface area (Å²) in [6.45, 7) is 4.01. The van der Waals surface area contributed by atoms with Crippen LogP contribution >= 0.6 is 11.6 Å². The second-order valence-corrected chi connectivity index (χ2v) is 13.9. The molecule has 3 aromatic carbocycles. The quantitative estimate of drug-likeness (QED) is 0.121. The fourth-order valence-electron chi connectivity index (χ4n) is 5.70. The maximum atomic E-state index is 11.7. The van der Waals surface area contributed by atoms with Crippen molar-refractivity contribution in [3.05, 3.63) is 130 Å². The van der Waals surface area contributed by atoms with Gasteiger partial charge in [0.05, 0.1) is 16.3 Å². The topological polar surface area (TPSA) is 144 Å². The summed E-state index contributed by atoms with van der Waals surface area (Å²) >= 11 is 6.84. The van der Waals surface area contributed by atoms with E-state index in [4.69, 9.17) is 30.5 Å². The number of aromatic nitrogens is 2. The van der Waals surface area contributed by atoms with Crippen LogP contribution in [-0.2, 0) is 36.4 Å². The van der Waals surface area contributed by atoms with Gasteiger partial charge in [-0.25, -0.2) is 0 Å². The molecule has 0 atom stereocenters. The molecule has 1 aliphatic rings. The summed E-state index contributed by atoms with van der Waals surface area (Å²) in [4.78, 5) is 10.2. The van der Waals surface area contributed by atoms with Crippen molar-refractivity contribution < 1.29 is 31.9 Å². The molecular weight excluding hydrogens is 692 g/mol. The zero-order valence-electron chi connectivity index (χ0n) is 27.8. The molecule has 13 heteroatoms. The van der Waals surface area contributed by atoms with E-state index in [0.29, 0.717) is 58.7 Å². The largest absolute Gasteiger partial charge is 0.488 e. The van der Waals surface area contributed by atoms with Gasteiger partial charge in [0, 0.05) is 61.6 Å². The monoisotopic (exact) mass is 726 g/mol. The number of hydrogen-bond acceptors (Lipinski definition) is 10. The standard InChI is InChI=1S/C38H35ClN4O7S/c1-26-31(5-2-6-33(26)30-7-8-35-38(16-30)48-12-11-47-35)25-50-37-17-36(49-24-29-14-28(18-40)20-42-21-29)32(15-34(37)39)23-43(10-13-51(44,45)46)22-27-4-3-9-41-19-27/h2-9,14-17,19-21H,10-13,22-25H2,1H3,(H,44,45,46). The van der Waals surface area contributed by atoms with Crippen LogP contribution in [-0.4, -0.2) is 53.3 Å². The molecule has 11 nitrogen and oxygen atoms in total. The van der Waals surface area contributed by atoms with E-state index in [1.165, 1.54) is 6.20 Å². The second kappa shape index (κ2) is 16.2. The number of fused-ring (bicyclic) bond motifs is 1. The van der Waals surface area contributed by atoms with E-state index in [-0.39, 0.29) is 26.3 Å². The average Bonchev–Trinajstić information content (AvgIpc) is 3.13. The van der Waals surface area contributed by atoms with Crippen LogP contribution in [0.3, 0.4) is 0 Å². The van der Waals surface area contributed by atoms with Crippen LogP contribution < -0.4 is 18.9 Å². The first-order valence-corrected chi connectivity index (χ1v) is 18.1. The Kier molecular flexibility index (Phi) is 11.3. The van der Waals surface area contributed by atoms with Crippen LogP contribution in [0.2, 0.25) is 5.02 Å². The number of nitriles is 1. The highest BCUT2D eigenvalue weighted by molar-refractivity contribution is 7.85. The van der Waals surface area contributed by atoms with E-state index in [1.54, 1.807) is 42.9 Å². The van der Waals surface area contributed by atoms with Gasteiger partial charge in [0.25, 0.3) is 10.1 Å². The lowest BCUT2D eigenvalue weighted by atomic mass is 9.96. The highest BCUT2D eigenvalue weighted by atomic mass is 35.5. The van der Waals surface area contributed by atoms with Crippen LogP contribution in [0.15, 0.2) is 91.5 Å². The number of rotatable bonds is 14. The van der Waals surface area contributed by atoms with Crippen molar-refractivity contribution in [2.45, 2.75) is 33.2 Å². The number of pyridine rings is 2. The van der Waals surface area contributed by atoms with Gasteiger partial charge in [0.15, 0.2) is 11.5 Å². The molecule has 0 saturated heterocycles. The molecule has 0 radical (unpaired) electrons. The fourth-order valence-corrected chi connectivity index (χ4v) is 6.43. The summed E-state index contributed by atoms with van der Waals surface area (Å²) in [7, 11) is -4.22. The van der Waals surface area contributed by atoms with Gasteiger partial charge >= 0.3 is 0 Å². The van der Waals surface area contributed by atoms with E-state index in [1.807, 2.05) is 54.3 Å². The smallest absolute Gasteiger partial charge is 0.266 e. The molecule has 1 N–H and O–H groups in total. The van der Waals surface area contributed by atoms with Crippen molar-refractivity contribution in [1.82, 2.24) is 14.9 Å². The normalized spacial score (nSPS) is 12.4. The molecule has 0 amide bonds. The van der Waals surface area contributed by atoms with Gasteiger partial charge in [-0.1, -0.05) is 41.9 Å². The molecule has 0 bridgehead atoms. The van der Waals surface area contributed by atoms with E-state index in [9.17, 15) is 18.2 Å². The molecule has 3 heterocycles. The minimum atomic E-state index is -4.22. The second-order valence-electron chi connectivity index (χ2n) is 12.0. The lowest BCUT2D eigenvalue weighted by molar-refractivity contribution is 0.171. The SMILES string of the molecule is Cc1c(COc2cc(OCc3cncc(C#N)c3)c(CN(CCS(=O)(=O)O)Cc3cccnc3)cc2Cl)cccc1-c1ccc2c(c1)OCCO2. The average molecular weight is 727 g/mol. The molecule has 262 valence electrons. The van der Waals surface area contributed by atoms with Crippen LogP contribution in [0.4, 0.5) is 0 Å². The molecule has 2 aromatic heterocycles. The predicted molar refractivity (Wildman–Crippen MR) is 191 cm³/mol. The summed E-state index contributed by atoms with van der Waals surface area (Å²) < 4.78 is 57.0. The van der Waals surface area contributed by atoms with Crippen molar-refractivity contribution in [2.75, 3.05) is 25.5 Å². The number of benzene rings is 3. The van der Waals surface area contributed by atoms with Gasteiger partial charge in [0.2, 0.25) is 0 Å². The van der Waals surface area contributed by atoms with Crippen molar-refractivity contribution in [1.29, 1.82) is 5.26 Å². The van der Waals surface area contributed by atoms with Gasteiger partial charge in [-0.05, 0) is 65.1 Å². The highest BCUT2D eigenvalue weighted by Crippen LogP contribution is 2.38. The fraction of sp³-hybridized carbons (Fsp3) is 0.237. The molecular formula is C38H35ClN4O7S. The Morgan fingerprint density at radius 3 is 2.47 bits per heavy atom. The first-order chi connectivity index (χ1) is 24.6. The molecule has 0 aliphatic carbocycles. The van der Waals surface area contributed by atoms with E-state index in [2.05, 4.69) is 16.0 Å². The third kappa shape index (κ3) is 9.53. The molecule has 6 rings (SSSR count). The molecule has 0 fully saturated rings. The summed E-state index contributed by atoms with van der Waals surface area (Å²) in [5, 5.41) is 9.68. The molecule has 1 aliphatic heterocycles. The van der Waals surface area contributed by atoms with Crippen LogP contribution in [0.1, 0.15) is 33.4 Å². The van der Waals surface area contributed by atoms with Gasteiger partial charge in [-0.15, -0.1) is 0 Å². The van der Waals surface area contributed by atoms with E-state index < -0.39 is 15.9 Å². The highest BCUT2D eigenvalue weighted by Gasteiger charge is 2.19. The molecule has 5 aromatic rings. The summed E-state index contributed by atoms with van der Waals surface area (Å²) in [6.07, 6.45) is 6.44. The van der Waals surface area contributed by atoms with Crippen molar-refractivity contribution in [3.8, 4) is 40.2 Å². The molecule has 0 unspecified atom stereocenters. The zero-order chi connectivity index (χ0) is 35.8. The van der Waals surface area contributed by atoms with Crippen molar-refractivity contribution >= 4 is 21.7 Å². The summed E-state index contributed by atoms with van der Waals surface area (Å²) in [6, 6.07) is 22.8. The van der Waals surface area contributed by atoms with E-state index in [0.717, 1.165) is 33.6 Å². The summed E-state index contributed by atoms with van der Waals surface area (Å²) in [5.41, 5.74) is 6.62. The van der Waals surface area contributed by atoms with Gasteiger partial charge in [0.1, 0.15) is 44.0 Å². The Balaban J connectivity index is 1.27. The first kappa shape index (κ1) is 35.6. The minimum Gasteiger partial charge on any atom is -0.488 e. The maximum Gasteiger partial charge on any atom is 0.266 e. The zero-order valence-corrected chi connectivity index (χ0v) is 29.4. The summed E-state index contributed by atoms with van der Waals surface area (Å²) in [5.74, 6) is 1.81. The molecule has 51 heavy (non-hydrogen) atoms. The Hall–Kier alpha value is -5.19. The van der Waals surface area contributed by atoms with Crippen molar-refractivity contribution in [3.63, 3.8) is 0 Å². The van der Waals surface area contributed by atoms with E-state index >= 15 is 0 Å². The van der Waals surface area contributed by atoms with Crippen LogP contribution in [0.25, 0.3) is 11.1 Å². The third-order valence-electron chi connectivity index (χ3n) is 8.30. The van der Waals surface area contributed by atoms with Gasteiger partial charge < -0.3 is 18.9 Å². The van der Waals surface area contributed by atoms with Crippen LogP contribution in [0.5, 0.6) is 23.0 Å². The number of ether oxygens (including phenoxy) is 4. The number of nitrogens with zero attached hydrogens (tertiary/aromatic N) is 4. The molecule has 0 spiro atoms. The Labute approximate surface area is 301 Å². The predicted octanol–water partition coefficient (Wildman–Crippen LogP) is 6.80. The number of halogens is 1. The lowest BCUT2D eigenvalue weighted by Gasteiger charge is -2.24. The maximum absolute atomic E-state index is 11.7. The van der Waals surface area contributed by atoms with Gasteiger partial charge in [-0.3, -0.25) is 19.4 Å². The van der Waals surface area contributed by atoms with Crippen LogP contribution in [0, 0.1) is 18.3 Å². The van der Waals surface area contributed by atoms with Crippen molar-refractivity contribution in [2.24, 2.45) is 0 Å².